The molecule has 0 atom stereocenters. The highest BCUT2D eigenvalue weighted by molar-refractivity contribution is 5.70. The van der Waals surface area contributed by atoms with Gasteiger partial charge in [-0.05, 0) is 25.0 Å². The zero-order valence-corrected chi connectivity index (χ0v) is 14.5. The molecule has 26 heavy (non-hydrogen) atoms. The van der Waals surface area contributed by atoms with Gasteiger partial charge in [-0.3, -0.25) is 9.67 Å². The predicted molar refractivity (Wildman–Crippen MR) is 99.9 cm³/mol. The molecule has 0 bridgehead atoms. The molecule has 0 saturated heterocycles. The van der Waals surface area contributed by atoms with Gasteiger partial charge in [0.1, 0.15) is 17.4 Å². The Morgan fingerprint density at radius 1 is 1.27 bits per heavy atom. The van der Waals surface area contributed by atoms with Crippen LogP contribution in [0.4, 0.5) is 11.5 Å². The third-order valence-corrected chi connectivity index (χ3v) is 4.83. The summed E-state index contributed by atoms with van der Waals surface area (Å²) >= 11 is 0. The summed E-state index contributed by atoms with van der Waals surface area (Å²) in [6.07, 6.45) is 8.34. The average Bonchev–Trinajstić information content (AvgIpc) is 3.23. The second-order valence-corrected chi connectivity index (χ2v) is 6.64. The monoisotopic (exact) mass is 348 g/mol. The first-order valence-corrected chi connectivity index (χ1v) is 8.78. The molecule has 1 aliphatic carbocycles. The number of anilines is 2. The van der Waals surface area contributed by atoms with Gasteiger partial charge in [0.15, 0.2) is 5.82 Å². The second kappa shape index (κ2) is 5.94. The van der Waals surface area contributed by atoms with E-state index < -0.39 is 0 Å². The van der Waals surface area contributed by atoms with Crippen molar-refractivity contribution in [2.75, 3.05) is 17.3 Å². The van der Waals surface area contributed by atoms with Gasteiger partial charge in [-0.15, -0.1) is 0 Å². The van der Waals surface area contributed by atoms with Crippen LogP contribution in [-0.2, 0) is 6.54 Å². The highest BCUT2D eigenvalue weighted by atomic mass is 16.5. The fraction of sp³-hybridized carbons (Fsp3) is 0.263. The Hall–Kier alpha value is -3.22. The van der Waals surface area contributed by atoms with E-state index in [0.717, 1.165) is 28.9 Å². The molecule has 3 heterocycles. The summed E-state index contributed by atoms with van der Waals surface area (Å²) in [7, 11) is 1.69. The SMILES string of the molecule is COc1ccccc1N1C=C(Nc2cc(C3CC3)[nH]n2)n2ccnc2C1. The van der Waals surface area contributed by atoms with Crippen LogP contribution in [0, 0.1) is 0 Å². The van der Waals surface area contributed by atoms with E-state index >= 15 is 0 Å². The summed E-state index contributed by atoms with van der Waals surface area (Å²) in [5, 5.41) is 11.0. The minimum absolute atomic E-state index is 0.646. The molecule has 0 amide bonds. The van der Waals surface area contributed by atoms with E-state index in [9.17, 15) is 0 Å². The maximum absolute atomic E-state index is 5.52. The lowest BCUT2D eigenvalue weighted by Crippen LogP contribution is -2.27. The van der Waals surface area contributed by atoms with Crippen molar-refractivity contribution >= 4 is 17.3 Å². The Morgan fingerprint density at radius 2 is 2.15 bits per heavy atom. The number of rotatable bonds is 5. The van der Waals surface area contributed by atoms with E-state index in [1.165, 1.54) is 18.5 Å². The number of nitrogens with zero attached hydrogens (tertiary/aromatic N) is 4. The van der Waals surface area contributed by atoms with Gasteiger partial charge in [0.05, 0.1) is 19.3 Å². The Balaban J connectivity index is 1.49. The lowest BCUT2D eigenvalue weighted by atomic mass is 10.2. The second-order valence-electron chi connectivity index (χ2n) is 6.64. The number of aromatic nitrogens is 4. The first kappa shape index (κ1) is 15.1. The molecule has 0 unspecified atom stereocenters. The van der Waals surface area contributed by atoms with Crippen LogP contribution in [0.1, 0.15) is 30.3 Å². The summed E-state index contributed by atoms with van der Waals surface area (Å²) in [4.78, 5) is 6.63. The number of hydrogen-bond acceptors (Lipinski definition) is 5. The number of ether oxygens (including phenoxy) is 1. The van der Waals surface area contributed by atoms with Crippen LogP contribution in [0.3, 0.4) is 0 Å². The van der Waals surface area contributed by atoms with Gasteiger partial charge in [0.2, 0.25) is 0 Å². The number of nitrogens with one attached hydrogen (secondary N) is 2. The lowest BCUT2D eigenvalue weighted by Gasteiger charge is -2.28. The van der Waals surface area contributed by atoms with Gasteiger partial charge in [-0.2, -0.15) is 5.10 Å². The van der Waals surface area contributed by atoms with Crippen LogP contribution in [0.25, 0.3) is 5.82 Å². The molecule has 1 saturated carbocycles. The topological polar surface area (TPSA) is 71.0 Å². The average molecular weight is 348 g/mol. The number of fused-ring (bicyclic) bond motifs is 1. The Kier molecular flexibility index (Phi) is 3.44. The van der Waals surface area contributed by atoms with E-state index in [-0.39, 0.29) is 0 Å². The normalized spacial score (nSPS) is 16.2. The number of imidazole rings is 1. The molecule has 2 N–H and O–H groups in total. The minimum atomic E-state index is 0.646. The Labute approximate surface area is 151 Å². The van der Waals surface area contributed by atoms with Crippen LogP contribution in [0.2, 0.25) is 0 Å². The zero-order chi connectivity index (χ0) is 17.5. The summed E-state index contributed by atoms with van der Waals surface area (Å²) in [6.45, 7) is 0.673. The molecule has 1 aliphatic heterocycles. The van der Waals surface area contributed by atoms with Gasteiger partial charge in [0.25, 0.3) is 0 Å². The van der Waals surface area contributed by atoms with Gasteiger partial charge < -0.3 is 15.0 Å². The zero-order valence-electron chi connectivity index (χ0n) is 14.5. The molecule has 2 aliphatic rings. The van der Waals surface area contributed by atoms with E-state index in [4.69, 9.17) is 4.74 Å². The lowest BCUT2D eigenvalue weighted by molar-refractivity contribution is 0.415. The van der Waals surface area contributed by atoms with Crippen molar-refractivity contribution in [3.8, 4) is 5.75 Å². The van der Waals surface area contributed by atoms with Crippen molar-refractivity contribution in [2.45, 2.75) is 25.3 Å². The van der Waals surface area contributed by atoms with Gasteiger partial charge in [0, 0.05) is 36.3 Å². The van der Waals surface area contributed by atoms with Gasteiger partial charge >= 0.3 is 0 Å². The van der Waals surface area contributed by atoms with Crippen molar-refractivity contribution < 1.29 is 4.74 Å². The number of aromatic amines is 1. The van der Waals surface area contributed by atoms with E-state index in [2.05, 4.69) is 42.2 Å². The quantitative estimate of drug-likeness (QED) is 0.740. The van der Waals surface area contributed by atoms with E-state index in [0.29, 0.717) is 12.5 Å². The first-order chi connectivity index (χ1) is 12.8. The van der Waals surface area contributed by atoms with E-state index in [1.54, 1.807) is 7.11 Å². The third-order valence-electron chi connectivity index (χ3n) is 4.83. The molecule has 7 heteroatoms. The molecule has 2 aromatic heterocycles. The number of benzene rings is 1. The van der Waals surface area contributed by atoms with Crippen molar-refractivity contribution in [1.29, 1.82) is 0 Å². The fourth-order valence-electron chi connectivity index (χ4n) is 3.33. The summed E-state index contributed by atoms with van der Waals surface area (Å²) in [5.41, 5.74) is 2.21. The van der Waals surface area contributed by atoms with Gasteiger partial charge in [-0.25, -0.2) is 4.98 Å². The van der Waals surface area contributed by atoms with Crippen molar-refractivity contribution in [3.05, 3.63) is 60.4 Å². The van der Waals surface area contributed by atoms with Crippen LogP contribution in [0.15, 0.2) is 48.9 Å². The van der Waals surface area contributed by atoms with Crippen LogP contribution < -0.4 is 15.0 Å². The predicted octanol–water partition coefficient (Wildman–Crippen LogP) is 3.38. The van der Waals surface area contributed by atoms with E-state index in [1.807, 2.05) is 36.7 Å². The molecule has 1 fully saturated rings. The molecule has 132 valence electrons. The van der Waals surface area contributed by atoms with Crippen molar-refractivity contribution in [2.24, 2.45) is 0 Å². The minimum Gasteiger partial charge on any atom is -0.495 e. The Morgan fingerprint density at radius 3 is 3.00 bits per heavy atom. The van der Waals surface area contributed by atoms with Gasteiger partial charge in [-0.1, -0.05) is 12.1 Å². The van der Waals surface area contributed by atoms with Crippen LogP contribution in [0.5, 0.6) is 5.75 Å². The fourth-order valence-corrected chi connectivity index (χ4v) is 3.33. The first-order valence-electron chi connectivity index (χ1n) is 8.78. The van der Waals surface area contributed by atoms with Crippen molar-refractivity contribution in [1.82, 2.24) is 19.7 Å². The smallest absolute Gasteiger partial charge is 0.153 e. The molecular formula is C19H20N6O. The molecule has 7 nitrogen and oxygen atoms in total. The van der Waals surface area contributed by atoms with Crippen molar-refractivity contribution in [3.63, 3.8) is 0 Å². The summed E-state index contributed by atoms with van der Waals surface area (Å²) in [5.74, 6) is 4.16. The third kappa shape index (κ3) is 2.61. The number of para-hydroxylation sites is 2. The molecule has 5 rings (SSSR count). The molecule has 0 radical (unpaired) electrons. The summed E-state index contributed by atoms with van der Waals surface area (Å²) < 4.78 is 7.58. The number of hydrogen-bond donors (Lipinski definition) is 2. The number of methoxy groups -OCH3 is 1. The molecule has 1 aromatic carbocycles. The maximum Gasteiger partial charge on any atom is 0.153 e. The molecular weight excluding hydrogens is 328 g/mol. The molecule has 3 aromatic rings. The summed E-state index contributed by atoms with van der Waals surface area (Å²) in [6, 6.07) is 10.1. The largest absolute Gasteiger partial charge is 0.495 e. The van der Waals surface area contributed by atoms with Crippen LogP contribution in [-0.4, -0.2) is 26.9 Å². The van der Waals surface area contributed by atoms with Crippen LogP contribution >= 0.6 is 0 Å². The Bertz CT molecular complexity index is 968. The standard InChI is InChI=1S/C19H20N6O/c1-26-16-5-3-2-4-15(16)24-11-18-20-8-9-25(18)19(12-24)21-17-10-14(22-23-17)13-6-7-13/h2-5,8-10,12-13H,6-7,11H2,1H3,(H2,21,22,23). The highest BCUT2D eigenvalue weighted by Gasteiger charge is 2.26. The maximum atomic E-state index is 5.52. The highest BCUT2D eigenvalue weighted by Crippen LogP contribution is 2.39. The number of H-pyrrole nitrogens is 1. The molecule has 0 spiro atoms.